The van der Waals surface area contributed by atoms with E-state index in [4.69, 9.17) is 23.2 Å². The fraction of sp³-hybridized carbons (Fsp3) is 0.333. The third kappa shape index (κ3) is 8.27. The van der Waals surface area contributed by atoms with Crippen LogP contribution in [0, 0.1) is 0 Å². The second-order valence-corrected chi connectivity index (χ2v) is 7.46. The second-order valence-electron chi connectivity index (χ2n) is 6.62. The first-order valence-corrected chi connectivity index (χ1v) is 10.6. The number of hydrogen-bond donors (Lipinski definition) is 2. The van der Waals surface area contributed by atoms with E-state index in [0.29, 0.717) is 29.7 Å². The topological polar surface area (TPSA) is 80.0 Å². The summed E-state index contributed by atoms with van der Waals surface area (Å²) >= 11 is 12.3. The van der Waals surface area contributed by atoms with Crippen LogP contribution >= 0.6 is 47.2 Å². The SMILES string of the molecule is CCc1nncn1CCNC(=NCc1ccccn1)NCCc1ccc(Cl)cc1Cl.I. The van der Waals surface area contributed by atoms with Gasteiger partial charge in [0, 0.05) is 42.3 Å². The summed E-state index contributed by atoms with van der Waals surface area (Å²) in [6.07, 6.45) is 5.12. The van der Waals surface area contributed by atoms with Crippen molar-refractivity contribution < 1.29 is 0 Å². The summed E-state index contributed by atoms with van der Waals surface area (Å²) in [5.41, 5.74) is 1.95. The quantitative estimate of drug-likeness (QED) is 0.228. The molecule has 0 unspecified atom stereocenters. The Morgan fingerprint density at radius 2 is 1.97 bits per heavy atom. The number of hydrogen-bond acceptors (Lipinski definition) is 4. The first-order chi connectivity index (χ1) is 14.7. The summed E-state index contributed by atoms with van der Waals surface area (Å²) in [6.45, 7) is 4.69. The Bertz CT molecular complexity index is 963. The average molecular weight is 574 g/mol. The van der Waals surface area contributed by atoms with E-state index in [-0.39, 0.29) is 24.0 Å². The molecule has 0 fully saturated rings. The number of pyridine rings is 1. The standard InChI is InChI=1S/C21H25Cl2N7.HI/c1-2-20-29-28-15-30(20)12-11-26-21(27-14-18-5-3-4-9-24-18)25-10-8-16-6-7-17(22)13-19(16)23;/h3-7,9,13,15H,2,8,10-12,14H2,1H3,(H2,25,26,27);1H. The van der Waals surface area contributed by atoms with E-state index in [2.05, 4.69) is 37.7 Å². The van der Waals surface area contributed by atoms with Gasteiger partial charge in [-0.15, -0.1) is 34.2 Å². The normalized spacial score (nSPS) is 11.1. The summed E-state index contributed by atoms with van der Waals surface area (Å²) in [4.78, 5) is 8.99. The summed E-state index contributed by atoms with van der Waals surface area (Å²) in [5.74, 6) is 1.69. The molecule has 3 aromatic rings. The first kappa shape index (κ1) is 25.4. The van der Waals surface area contributed by atoms with Gasteiger partial charge in [-0.1, -0.05) is 42.3 Å². The highest BCUT2D eigenvalue weighted by atomic mass is 127. The lowest BCUT2D eigenvalue weighted by molar-refractivity contribution is 0.631. The Morgan fingerprint density at radius 1 is 1.13 bits per heavy atom. The van der Waals surface area contributed by atoms with Crippen molar-refractivity contribution in [1.82, 2.24) is 30.4 Å². The van der Waals surface area contributed by atoms with Gasteiger partial charge in [-0.3, -0.25) is 4.98 Å². The minimum Gasteiger partial charge on any atom is -0.356 e. The monoisotopic (exact) mass is 573 g/mol. The Hall–Kier alpha value is -1.91. The summed E-state index contributed by atoms with van der Waals surface area (Å²) in [6, 6.07) is 11.4. The lowest BCUT2D eigenvalue weighted by Gasteiger charge is -2.14. The number of aryl methyl sites for hydroxylation is 1. The van der Waals surface area contributed by atoms with Gasteiger partial charge in [-0.25, -0.2) is 4.99 Å². The smallest absolute Gasteiger partial charge is 0.191 e. The van der Waals surface area contributed by atoms with Gasteiger partial charge in [0.15, 0.2) is 5.96 Å². The van der Waals surface area contributed by atoms with E-state index >= 15 is 0 Å². The average Bonchev–Trinajstić information content (AvgIpc) is 3.21. The summed E-state index contributed by atoms with van der Waals surface area (Å²) in [5, 5.41) is 16.1. The molecule has 2 N–H and O–H groups in total. The molecule has 2 heterocycles. The highest BCUT2D eigenvalue weighted by Gasteiger charge is 2.05. The zero-order valence-corrected chi connectivity index (χ0v) is 21.1. The third-order valence-electron chi connectivity index (χ3n) is 4.48. The lowest BCUT2D eigenvalue weighted by Crippen LogP contribution is -2.40. The lowest BCUT2D eigenvalue weighted by atomic mass is 10.1. The molecule has 0 aliphatic heterocycles. The molecule has 0 bridgehead atoms. The van der Waals surface area contributed by atoms with Crippen LogP contribution in [-0.4, -0.2) is 38.8 Å². The van der Waals surface area contributed by atoms with Crippen LogP contribution in [0.2, 0.25) is 10.0 Å². The van der Waals surface area contributed by atoms with Crippen molar-refractivity contribution in [2.24, 2.45) is 4.99 Å². The van der Waals surface area contributed by atoms with Crippen molar-refractivity contribution in [2.45, 2.75) is 32.9 Å². The van der Waals surface area contributed by atoms with E-state index < -0.39 is 0 Å². The minimum absolute atomic E-state index is 0. The number of aromatic nitrogens is 4. The summed E-state index contributed by atoms with van der Waals surface area (Å²) in [7, 11) is 0. The molecule has 31 heavy (non-hydrogen) atoms. The van der Waals surface area contributed by atoms with Gasteiger partial charge in [0.05, 0.1) is 12.2 Å². The van der Waals surface area contributed by atoms with Crippen LogP contribution in [0.4, 0.5) is 0 Å². The number of nitrogens with zero attached hydrogens (tertiary/aromatic N) is 5. The molecular weight excluding hydrogens is 548 g/mol. The van der Waals surface area contributed by atoms with Crippen molar-refractivity contribution in [3.8, 4) is 0 Å². The molecule has 0 saturated carbocycles. The van der Waals surface area contributed by atoms with E-state index in [1.165, 1.54) is 0 Å². The zero-order valence-electron chi connectivity index (χ0n) is 17.3. The third-order valence-corrected chi connectivity index (χ3v) is 5.07. The van der Waals surface area contributed by atoms with E-state index in [1.807, 2.05) is 34.9 Å². The largest absolute Gasteiger partial charge is 0.356 e. The van der Waals surface area contributed by atoms with Gasteiger partial charge in [0.25, 0.3) is 0 Å². The molecule has 10 heteroatoms. The molecule has 3 rings (SSSR count). The predicted molar refractivity (Wildman–Crippen MR) is 136 cm³/mol. The van der Waals surface area contributed by atoms with Crippen LogP contribution in [0.1, 0.15) is 24.0 Å². The van der Waals surface area contributed by atoms with Gasteiger partial charge in [0.2, 0.25) is 0 Å². The number of aliphatic imine (C=N–C) groups is 1. The van der Waals surface area contributed by atoms with E-state index in [0.717, 1.165) is 42.4 Å². The van der Waals surface area contributed by atoms with E-state index in [1.54, 1.807) is 18.6 Å². The fourth-order valence-corrected chi connectivity index (χ4v) is 3.40. The molecule has 1 aromatic carbocycles. The van der Waals surface area contributed by atoms with Crippen molar-refractivity contribution in [1.29, 1.82) is 0 Å². The Kier molecular flexibility index (Phi) is 11.0. The van der Waals surface area contributed by atoms with Crippen LogP contribution in [0.25, 0.3) is 0 Å². The molecule has 0 saturated heterocycles. The van der Waals surface area contributed by atoms with Gasteiger partial charge in [0.1, 0.15) is 12.2 Å². The molecule has 7 nitrogen and oxygen atoms in total. The first-order valence-electron chi connectivity index (χ1n) is 9.88. The van der Waals surface area contributed by atoms with Crippen molar-refractivity contribution >= 4 is 53.1 Å². The maximum atomic E-state index is 6.27. The maximum Gasteiger partial charge on any atom is 0.191 e. The molecule has 0 aliphatic carbocycles. The van der Waals surface area contributed by atoms with Crippen molar-refractivity contribution in [2.75, 3.05) is 13.1 Å². The fourth-order valence-electron chi connectivity index (χ4n) is 2.90. The Morgan fingerprint density at radius 3 is 2.71 bits per heavy atom. The number of benzene rings is 1. The molecule has 0 spiro atoms. The van der Waals surface area contributed by atoms with Crippen LogP contribution in [0.15, 0.2) is 53.9 Å². The van der Waals surface area contributed by atoms with Crippen LogP contribution in [0.3, 0.4) is 0 Å². The van der Waals surface area contributed by atoms with Gasteiger partial charge >= 0.3 is 0 Å². The van der Waals surface area contributed by atoms with Crippen molar-refractivity contribution in [3.05, 3.63) is 76.0 Å². The Balaban J connectivity index is 0.00000341. The van der Waals surface area contributed by atoms with Gasteiger partial charge in [-0.05, 0) is 36.2 Å². The predicted octanol–water partition coefficient (Wildman–Crippen LogP) is 4.14. The molecule has 0 amide bonds. The molecular formula is C21H26Cl2IN7. The highest BCUT2D eigenvalue weighted by molar-refractivity contribution is 14.0. The molecule has 0 radical (unpaired) electrons. The van der Waals surface area contributed by atoms with E-state index in [9.17, 15) is 0 Å². The zero-order chi connectivity index (χ0) is 21.2. The second kappa shape index (κ2) is 13.5. The molecule has 0 aliphatic rings. The Labute approximate surface area is 209 Å². The van der Waals surface area contributed by atoms with Crippen molar-refractivity contribution in [3.63, 3.8) is 0 Å². The number of nitrogens with one attached hydrogen (secondary N) is 2. The molecule has 0 atom stereocenters. The molecule has 166 valence electrons. The molecule has 2 aromatic heterocycles. The number of halogens is 3. The number of guanidine groups is 1. The van der Waals surface area contributed by atoms with Crippen LogP contribution < -0.4 is 10.6 Å². The highest BCUT2D eigenvalue weighted by Crippen LogP contribution is 2.21. The van der Waals surface area contributed by atoms with Crippen LogP contribution in [0.5, 0.6) is 0 Å². The number of rotatable bonds is 9. The van der Waals surface area contributed by atoms with Crippen LogP contribution in [-0.2, 0) is 25.9 Å². The maximum absolute atomic E-state index is 6.27. The summed E-state index contributed by atoms with van der Waals surface area (Å²) < 4.78 is 2.04. The van der Waals surface area contributed by atoms with Gasteiger partial charge < -0.3 is 15.2 Å². The van der Waals surface area contributed by atoms with Gasteiger partial charge in [-0.2, -0.15) is 0 Å². The minimum atomic E-state index is 0.